The number of hydrogen-bond acceptors (Lipinski definition) is 4. The number of carbonyl (C=O) groups is 2. The quantitative estimate of drug-likeness (QED) is 0.155. The summed E-state index contributed by atoms with van der Waals surface area (Å²) in [5, 5.41) is 11.5. The summed E-state index contributed by atoms with van der Waals surface area (Å²) in [6.07, 6.45) is 5.24. The molecule has 0 fully saturated rings. The summed E-state index contributed by atoms with van der Waals surface area (Å²) in [5.41, 5.74) is 0.713. The second kappa shape index (κ2) is 12.4. The van der Waals surface area contributed by atoms with Crippen LogP contribution in [0, 0.1) is 0 Å². The normalized spacial score (nSPS) is 13.0. The van der Waals surface area contributed by atoms with E-state index in [9.17, 15) is 14.7 Å². The smallest absolute Gasteiger partial charge is 0.343 e. The van der Waals surface area contributed by atoms with Crippen molar-refractivity contribution in [1.29, 1.82) is 0 Å². The number of benzene rings is 4. The van der Waals surface area contributed by atoms with Gasteiger partial charge in [-0.25, -0.2) is 4.79 Å². The van der Waals surface area contributed by atoms with E-state index in [0.717, 1.165) is 16.7 Å². The number of esters is 1. The van der Waals surface area contributed by atoms with Crippen LogP contribution in [0.5, 0.6) is 0 Å². The molecule has 0 unspecified atom stereocenters. The van der Waals surface area contributed by atoms with Crippen LogP contribution in [0.4, 0.5) is 0 Å². The van der Waals surface area contributed by atoms with Crippen molar-refractivity contribution in [2.75, 3.05) is 0 Å². The summed E-state index contributed by atoms with van der Waals surface area (Å²) in [4.78, 5) is 26.6. The molecule has 0 radical (unpaired) electrons. The molecule has 0 aliphatic rings. The van der Waals surface area contributed by atoms with Crippen molar-refractivity contribution < 1.29 is 19.4 Å². The summed E-state index contributed by atoms with van der Waals surface area (Å²) in [6.45, 7) is 0. The Labute approximate surface area is 217 Å². The van der Waals surface area contributed by atoms with Crippen molar-refractivity contribution >= 4 is 17.8 Å². The molecule has 0 heterocycles. The van der Waals surface area contributed by atoms with Gasteiger partial charge < -0.3 is 9.84 Å². The summed E-state index contributed by atoms with van der Waals surface area (Å²) in [7, 11) is 0. The predicted molar refractivity (Wildman–Crippen MR) is 146 cm³/mol. The van der Waals surface area contributed by atoms with E-state index in [4.69, 9.17) is 4.74 Å². The maximum absolute atomic E-state index is 13.6. The number of allylic oxidation sites excluding steroid dienone is 2. The van der Waals surface area contributed by atoms with Gasteiger partial charge in [0.2, 0.25) is 0 Å². The Morgan fingerprint density at radius 2 is 1.19 bits per heavy atom. The minimum Gasteiger partial charge on any atom is -0.450 e. The highest BCUT2D eigenvalue weighted by Gasteiger charge is 2.39. The van der Waals surface area contributed by atoms with Gasteiger partial charge in [-0.05, 0) is 22.8 Å². The Hall–Kier alpha value is -4.54. The molecule has 0 bridgehead atoms. The third kappa shape index (κ3) is 7.00. The van der Waals surface area contributed by atoms with E-state index in [-0.39, 0.29) is 5.78 Å². The first kappa shape index (κ1) is 25.5. The lowest BCUT2D eigenvalue weighted by Crippen LogP contribution is -2.41. The first-order chi connectivity index (χ1) is 18.0. The topological polar surface area (TPSA) is 63.6 Å². The van der Waals surface area contributed by atoms with Crippen LogP contribution in [0.3, 0.4) is 0 Å². The van der Waals surface area contributed by atoms with Gasteiger partial charge in [-0.3, -0.25) is 4.79 Å². The molecule has 0 saturated carbocycles. The van der Waals surface area contributed by atoms with Gasteiger partial charge in [0.05, 0.1) is 6.42 Å². The van der Waals surface area contributed by atoms with Crippen LogP contribution < -0.4 is 0 Å². The van der Waals surface area contributed by atoms with E-state index in [2.05, 4.69) is 0 Å². The maximum atomic E-state index is 13.6. The van der Waals surface area contributed by atoms with Crippen molar-refractivity contribution in [3.05, 3.63) is 162 Å². The highest BCUT2D eigenvalue weighted by atomic mass is 16.6. The largest absolute Gasteiger partial charge is 0.450 e. The van der Waals surface area contributed by atoms with E-state index in [1.54, 1.807) is 42.5 Å². The number of rotatable bonds is 10. The Morgan fingerprint density at radius 1 is 0.703 bits per heavy atom. The fraction of sp³-hybridized carbons (Fsp3) is 0.0909. The van der Waals surface area contributed by atoms with Gasteiger partial charge >= 0.3 is 5.97 Å². The van der Waals surface area contributed by atoms with Crippen LogP contribution in [-0.4, -0.2) is 22.5 Å². The van der Waals surface area contributed by atoms with Crippen molar-refractivity contribution in [3.8, 4) is 0 Å². The lowest BCUT2D eigenvalue weighted by atomic mass is 9.92. The molecule has 4 aromatic carbocycles. The molecule has 4 rings (SSSR count). The first-order valence-electron chi connectivity index (χ1n) is 12.1. The molecule has 0 saturated heterocycles. The third-order valence-electron chi connectivity index (χ3n) is 5.88. The van der Waals surface area contributed by atoms with E-state index in [1.165, 1.54) is 6.08 Å². The number of ether oxygens (including phenoxy) is 1. The Bertz CT molecular complexity index is 1310. The number of ketones is 1. The average Bonchev–Trinajstić information content (AvgIpc) is 2.96. The Balaban J connectivity index is 1.63. The fourth-order valence-electron chi connectivity index (χ4n) is 3.91. The summed E-state index contributed by atoms with van der Waals surface area (Å²) in [6, 6.07) is 36.9. The number of aliphatic hydroxyl groups is 1. The van der Waals surface area contributed by atoms with Crippen LogP contribution in [0.15, 0.2) is 140 Å². The van der Waals surface area contributed by atoms with Crippen molar-refractivity contribution in [2.24, 2.45) is 0 Å². The second-order valence-corrected chi connectivity index (χ2v) is 8.63. The first-order valence-corrected chi connectivity index (χ1v) is 12.1. The van der Waals surface area contributed by atoms with Gasteiger partial charge in [-0.1, -0.05) is 140 Å². The van der Waals surface area contributed by atoms with Crippen molar-refractivity contribution in [2.45, 2.75) is 18.1 Å². The van der Waals surface area contributed by atoms with Gasteiger partial charge in [0.25, 0.3) is 0 Å². The zero-order valence-electron chi connectivity index (χ0n) is 20.3. The van der Waals surface area contributed by atoms with Gasteiger partial charge in [0.15, 0.2) is 17.5 Å². The van der Waals surface area contributed by atoms with Crippen LogP contribution in [0.1, 0.15) is 39.6 Å². The van der Waals surface area contributed by atoms with Crippen LogP contribution in [0.2, 0.25) is 0 Å². The predicted octanol–water partition coefficient (Wildman–Crippen LogP) is 6.59. The molecule has 0 aliphatic carbocycles. The van der Waals surface area contributed by atoms with E-state index in [0.29, 0.717) is 5.56 Å². The van der Waals surface area contributed by atoms with E-state index < -0.39 is 24.1 Å². The molecule has 4 aromatic rings. The number of Topliss-reactive ketones (excluding diaryl/α,β-unsaturated/α-hetero) is 1. The highest BCUT2D eigenvalue weighted by Crippen LogP contribution is 2.29. The molecule has 1 N–H and O–H groups in total. The maximum Gasteiger partial charge on any atom is 0.343 e. The van der Waals surface area contributed by atoms with Gasteiger partial charge in [-0.2, -0.15) is 0 Å². The summed E-state index contributed by atoms with van der Waals surface area (Å²) in [5.74, 6) is -1.27. The van der Waals surface area contributed by atoms with Crippen LogP contribution >= 0.6 is 0 Å². The molecule has 0 aliphatic heterocycles. The molecule has 1 atom stereocenters. The second-order valence-electron chi connectivity index (χ2n) is 8.63. The van der Waals surface area contributed by atoms with E-state index >= 15 is 0 Å². The standard InChI is InChI=1S/C33H28O4/c34-30(27-18-7-2-8-19-27)25-33(36,24-14-13-17-26-15-5-1-6-16-26)32(35)37-31(28-20-9-3-10-21-28)29-22-11-4-12-23-29/h1-24,31,36H,25H2/b17-13+,24-14+/t33-/m1/s1. The average molecular weight is 489 g/mol. The molecule has 184 valence electrons. The van der Waals surface area contributed by atoms with Crippen molar-refractivity contribution in [3.63, 3.8) is 0 Å². The molecule has 0 amide bonds. The van der Waals surface area contributed by atoms with Gasteiger partial charge in [-0.15, -0.1) is 0 Å². The molecule has 0 aromatic heterocycles. The monoisotopic (exact) mass is 488 g/mol. The van der Waals surface area contributed by atoms with Gasteiger partial charge in [0, 0.05) is 5.56 Å². The molecular formula is C33H28O4. The SMILES string of the molecule is O=C(C[C@](O)(/C=C/C=C/c1ccccc1)C(=O)OC(c1ccccc1)c1ccccc1)c1ccccc1. The minimum atomic E-state index is -2.17. The third-order valence-corrected chi connectivity index (χ3v) is 5.88. The zero-order chi connectivity index (χ0) is 25.9. The minimum absolute atomic E-state index is 0.368. The van der Waals surface area contributed by atoms with Crippen LogP contribution in [-0.2, 0) is 9.53 Å². The molecule has 4 heteroatoms. The van der Waals surface area contributed by atoms with E-state index in [1.807, 2.05) is 97.1 Å². The summed E-state index contributed by atoms with van der Waals surface area (Å²) >= 11 is 0. The number of carbonyl (C=O) groups excluding carboxylic acids is 2. The highest BCUT2D eigenvalue weighted by molar-refractivity contribution is 6.00. The molecular weight excluding hydrogens is 460 g/mol. The molecule has 37 heavy (non-hydrogen) atoms. The zero-order valence-corrected chi connectivity index (χ0v) is 20.3. The lowest BCUT2D eigenvalue weighted by molar-refractivity contribution is -0.164. The van der Waals surface area contributed by atoms with Gasteiger partial charge in [0.1, 0.15) is 0 Å². The Kier molecular flexibility index (Phi) is 8.58. The fourth-order valence-corrected chi connectivity index (χ4v) is 3.91. The Morgan fingerprint density at radius 3 is 1.73 bits per heavy atom. The van der Waals surface area contributed by atoms with Crippen LogP contribution in [0.25, 0.3) is 6.08 Å². The lowest BCUT2D eigenvalue weighted by Gasteiger charge is -2.26. The summed E-state index contributed by atoms with van der Waals surface area (Å²) < 4.78 is 5.92. The number of hydrogen-bond donors (Lipinski definition) is 1. The molecule has 4 nitrogen and oxygen atoms in total. The van der Waals surface area contributed by atoms with Crippen molar-refractivity contribution in [1.82, 2.24) is 0 Å². The molecule has 0 spiro atoms.